The molecule has 1 amide bonds. The smallest absolute Gasteiger partial charge is 0.243 e. The number of morpholine rings is 1. The molecule has 3 aromatic rings. The molecule has 0 spiro atoms. The van der Waals surface area contributed by atoms with Crippen LogP contribution < -0.4 is 4.90 Å². The minimum absolute atomic E-state index is 0.0390. The van der Waals surface area contributed by atoms with E-state index < -0.39 is 10.0 Å². The number of fused-ring (bicyclic) bond motifs is 1. The zero-order valence-corrected chi connectivity index (χ0v) is 20.4. The van der Waals surface area contributed by atoms with E-state index in [2.05, 4.69) is 16.3 Å². The lowest BCUT2D eigenvalue weighted by Crippen LogP contribution is -2.40. The highest BCUT2D eigenvalue weighted by Crippen LogP contribution is 2.29. The van der Waals surface area contributed by atoms with Crippen LogP contribution in [0.15, 0.2) is 58.6 Å². The molecule has 0 aliphatic carbocycles. The van der Waals surface area contributed by atoms with Crippen molar-refractivity contribution in [1.29, 1.82) is 0 Å². The molecule has 0 N–H and O–H groups in total. The average molecular weight is 500 g/mol. The van der Waals surface area contributed by atoms with E-state index in [1.807, 2.05) is 34.7 Å². The second-order valence-electron chi connectivity index (χ2n) is 8.12. The SMILES string of the molecule is Cn1c(SCC(=O)N2CCc3ccccc32)nnc1-c1ccc(S(=O)(=O)N2CCOCC2)cc1. The number of carbonyl (C=O) groups is 1. The normalized spacial score (nSPS) is 16.6. The van der Waals surface area contributed by atoms with Gasteiger partial charge in [0.15, 0.2) is 11.0 Å². The molecular weight excluding hydrogens is 474 g/mol. The molecule has 178 valence electrons. The number of benzene rings is 2. The molecule has 0 radical (unpaired) electrons. The third-order valence-electron chi connectivity index (χ3n) is 6.07. The maximum atomic E-state index is 12.8. The summed E-state index contributed by atoms with van der Waals surface area (Å²) in [5.74, 6) is 0.908. The first-order chi connectivity index (χ1) is 16.4. The molecule has 1 aromatic heterocycles. The van der Waals surface area contributed by atoms with Crippen LogP contribution in [0.1, 0.15) is 5.56 Å². The summed E-state index contributed by atoms with van der Waals surface area (Å²) in [4.78, 5) is 14.9. The largest absolute Gasteiger partial charge is 0.379 e. The third-order valence-corrected chi connectivity index (χ3v) is 8.99. The van der Waals surface area contributed by atoms with Crippen molar-refractivity contribution in [3.63, 3.8) is 0 Å². The van der Waals surface area contributed by atoms with Gasteiger partial charge in [-0.15, -0.1) is 10.2 Å². The van der Waals surface area contributed by atoms with E-state index in [9.17, 15) is 13.2 Å². The summed E-state index contributed by atoms with van der Waals surface area (Å²) in [6, 6.07) is 14.6. The monoisotopic (exact) mass is 499 g/mol. The van der Waals surface area contributed by atoms with Crippen molar-refractivity contribution in [1.82, 2.24) is 19.1 Å². The van der Waals surface area contributed by atoms with Crippen molar-refractivity contribution in [3.05, 3.63) is 54.1 Å². The Bertz CT molecular complexity index is 1300. The first-order valence-electron chi connectivity index (χ1n) is 11.0. The molecular formula is C23H25N5O4S2. The molecule has 2 aromatic carbocycles. The number of ether oxygens (including phenoxy) is 1. The van der Waals surface area contributed by atoms with Gasteiger partial charge in [-0.1, -0.05) is 30.0 Å². The second-order valence-corrected chi connectivity index (χ2v) is 11.0. The van der Waals surface area contributed by atoms with Gasteiger partial charge in [0.2, 0.25) is 15.9 Å². The Hall–Kier alpha value is -2.73. The van der Waals surface area contributed by atoms with Crippen molar-refractivity contribution >= 4 is 33.4 Å². The topological polar surface area (TPSA) is 97.6 Å². The number of carbonyl (C=O) groups excluding carboxylic acids is 1. The van der Waals surface area contributed by atoms with Crippen molar-refractivity contribution in [2.24, 2.45) is 7.05 Å². The van der Waals surface area contributed by atoms with Gasteiger partial charge in [0, 0.05) is 37.9 Å². The number of aromatic nitrogens is 3. The van der Waals surface area contributed by atoms with Gasteiger partial charge in [-0.05, 0) is 42.3 Å². The molecule has 11 heteroatoms. The highest BCUT2D eigenvalue weighted by molar-refractivity contribution is 7.99. The molecule has 9 nitrogen and oxygen atoms in total. The molecule has 1 saturated heterocycles. The maximum absolute atomic E-state index is 12.8. The van der Waals surface area contributed by atoms with Crippen LogP contribution >= 0.6 is 11.8 Å². The Morgan fingerprint density at radius 1 is 1.03 bits per heavy atom. The average Bonchev–Trinajstić information content (AvgIpc) is 3.47. The summed E-state index contributed by atoms with van der Waals surface area (Å²) in [5.41, 5.74) is 2.93. The zero-order valence-electron chi connectivity index (χ0n) is 18.8. The summed E-state index contributed by atoms with van der Waals surface area (Å²) >= 11 is 1.34. The number of thioether (sulfide) groups is 1. The Balaban J connectivity index is 1.26. The highest BCUT2D eigenvalue weighted by Gasteiger charge is 2.27. The predicted octanol–water partition coefficient (Wildman–Crippen LogP) is 2.18. The molecule has 34 heavy (non-hydrogen) atoms. The van der Waals surface area contributed by atoms with Crippen LogP contribution in [0.25, 0.3) is 11.4 Å². The van der Waals surface area contributed by atoms with Crippen LogP contribution in [0.4, 0.5) is 5.69 Å². The van der Waals surface area contributed by atoms with E-state index >= 15 is 0 Å². The molecule has 2 aliphatic rings. The van der Waals surface area contributed by atoms with E-state index in [1.54, 1.807) is 24.3 Å². The van der Waals surface area contributed by atoms with E-state index in [0.717, 1.165) is 17.7 Å². The molecule has 2 aliphatic heterocycles. The highest BCUT2D eigenvalue weighted by atomic mass is 32.2. The van der Waals surface area contributed by atoms with Crippen LogP contribution in [0.2, 0.25) is 0 Å². The minimum atomic E-state index is -3.55. The fourth-order valence-electron chi connectivity index (χ4n) is 4.21. The van der Waals surface area contributed by atoms with Gasteiger partial charge >= 0.3 is 0 Å². The van der Waals surface area contributed by atoms with Crippen LogP contribution in [0.5, 0.6) is 0 Å². The van der Waals surface area contributed by atoms with E-state index in [4.69, 9.17) is 4.74 Å². The standard InChI is InChI=1S/C23H25N5O4S2/c1-26-22(18-6-8-19(9-7-18)34(30,31)27-12-14-32-15-13-27)24-25-23(26)33-16-21(29)28-11-10-17-4-2-3-5-20(17)28/h2-9H,10-16H2,1H3. The number of hydrogen-bond acceptors (Lipinski definition) is 7. The lowest BCUT2D eigenvalue weighted by atomic mass is 10.2. The molecule has 1 fully saturated rings. The van der Waals surface area contributed by atoms with Gasteiger partial charge in [-0.3, -0.25) is 4.79 Å². The fourth-order valence-corrected chi connectivity index (χ4v) is 6.40. The summed E-state index contributed by atoms with van der Waals surface area (Å²) in [6.07, 6.45) is 0.873. The number of rotatable bonds is 6. The fraction of sp³-hybridized carbons (Fsp3) is 0.348. The molecule has 5 rings (SSSR count). The zero-order chi connectivity index (χ0) is 23.7. The van der Waals surface area contributed by atoms with Crippen LogP contribution in [0.3, 0.4) is 0 Å². The van der Waals surface area contributed by atoms with Gasteiger partial charge in [-0.25, -0.2) is 8.42 Å². The first kappa shape index (κ1) is 23.0. The lowest BCUT2D eigenvalue weighted by molar-refractivity contribution is -0.116. The number of amides is 1. The van der Waals surface area contributed by atoms with Crippen LogP contribution in [-0.2, 0) is 33.0 Å². The summed E-state index contributed by atoms with van der Waals surface area (Å²) in [6.45, 7) is 2.22. The van der Waals surface area contributed by atoms with Gasteiger partial charge in [0.05, 0.1) is 23.9 Å². The molecule has 0 atom stereocenters. The second kappa shape index (κ2) is 9.49. The van der Waals surface area contributed by atoms with E-state index in [-0.39, 0.29) is 16.6 Å². The number of para-hydroxylation sites is 1. The van der Waals surface area contributed by atoms with Crippen molar-refractivity contribution in [3.8, 4) is 11.4 Å². The van der Waals surface area contributed by atoms with Gasteiger partial charge < -0.3 is 14.2 Å². The summed E-state index contributed by atoms with van der Waals surface area (Å²) < 4.78 is 34.2. The van der Waals surface area contributed by atoms with E-state index in [0.29, 0.717) is 43.8 Å². The number of hydrogen-bond donors (Lipinski definition) is 0. The Kier molecular flexibility index (Phi) is 6.43. The van der Waals surface area contributed by atoms with Gasteiger partial charge in [0.25, 0.3) is 0 Å². The van der Waals surface area contributed by atoms with Crippen LogP contribution in [-0.4, -0.2) is 72.0 Å². The maximum Gasteiger partial charge on any atom is 0.243 e. The Morgan fingerprint density at radius 2 is 1.76 bits per heavy atom. The number of sulfonamides is 1. The van der Waals surface area contributed by atoms with Crippen molar-refractivity contribution in [2.45, 2.75) is 16.5 Å². The Labute approximate surface area is 202 Å². The van der Waals surface area contributed by atoms with Gasteiger partial charge in [-0.2, -0.15) is 4.31 Å². The summed E-state index contributed by atoms with van der Waals surface area (Å²) in [7, 11) is -1.71. The predicted molar refractivity (Wildman–Crippen MR) is 129 cm³/mol. The molecule has 0 unspecified atom stereocenters. The molecule has 0 bridgehead atoms. The van der Waals surface area contributed by atoms with Crippen molar-refractivity contribution < 1.29 is 17.9 Å². The minimum Gasteiger partial charge on any atom is -0.379 e. The van der Waals surface area contributed by atoms with E-state index in [1.165, 1.54) is 21.6 Å². The quantitative estimate of drug-likeness (QED) is 0.480. The van der Waals surface area contributed by atoms with Crippen molar-refractivity contribution in [2.75, 3.05) is 43.5 Å². The lowest BCUT2D eigenvalue weighted by Gasteiger charge is -2.26. The molecule has 0 saturated carbocycles. The Morgan fingerprint density at radius 3 is 2.53 bits per heavy atom. The number of anilines is 1. The molecule has 3 heterocycles. The number of nitrogens with zero attached hydrogens (tertiary/aromatic N) is 5. The first-order valence-corrected chi connectivity index (χ1v) is 13.5. The summed E-state index contributed by atoms with van der Waals surface area (Å²) in [5, 5.41) is 9.14. The van der Waals surface area contributed by atoms with Gasteiger partial charge in [0.1, 0.15) is 0 Å². The third kappa shape index (κ3) is 4.36. The van der Waals surface area contributed by atoms with Crippen LogP contribution in [0, 0.1) is 0 Å².